The van der Waals surface area contributed by atoms with Crippen molar-refractivity contribution >= 4 is 28.2 Å². The molecule has 0 saturated heterocycles. The molecule has 1 aliphatic rings. The van der Waals surface area contributed by atoms with E-state index >= 15 is 0 Å². The summed E-state index contributed by atoms with van der Waals surface area (Å²) in [4.78, 5) is 26.1. The summed E-state index contributed by atoms with van der Waals surface area (Å²) in [6, 6.07) is 4.96. The van der Waals surface area contributed by atoms with E-state index in [0.29, 0.717) is 33.5 Å². The van der Waals surface area contributed by atoms with E-state index in [0.717, 1.165) is 36.1 Å². The summed E-state index contributed by atoms with van der Waals surface area (Å²) in [7, 11) is 3.06. The third kappa shape index (κ3) is 4.14. The zero-order chi connectivity index (χ0) is 20.3. The first kappa shape index (κ1) is 20.2. The normalized spacial score (nSPS) is 15.6. The summed E-state index contributed by atoms with van der Waals surface area (Å²) in [6.45, 7) is 2.19. The highest BCUT2D eigenvalue weighted by atomic mass is 32.1. The van der Waals surface area contributed by atoms with Gasteiger partial charge in [0.1, 0.15) is 16.5 Å². The van der Waals surface area contributed by atoms with Crippen LogP contribution in [0.5, 0.6) is 11.5 Å². The van der Waals surface area contributed by atoms with Crippen molar-refractivity contribution < 1.29 is 19.1 Å². The van der Waals surface area contributed by atoms with Gasteiger partial charge in [0, 0.05) is 16.5 Å². The van der Waals surface area contributed by atoms with E-state index in [4.69, 9.17) is 15.2 Å². The highest BCUT2D eigenvalue weighted by Crippen LogP contribution is 2.40. The number of carbonyl (C=O) groups excluding carboxylic acids is 2. The first-order chi connectivity index (χ1) is 13.5. The molecule has 0 saturated carbocycles. The fraction of sp³-hybridized carbons (Fsp3) is 0.429. The third-order valence-electron chi connectivity index (χ3n) is 5.15. The Morgan fingerprint density at radius 3 is 2.46 bits per heavy atom. The standard InChI is InChI=1S/C21H26N2O4S/c1-4-5-12-6-7-16-17(8-12)28-21(18(16)19(22)24)23-20(25)13-9-14(26-2)11-15(10-13)27-3/h9-12H,4-8H2,1-3H3,(H2,22,24)(H,23,25)/t12-/m1/s1. The third-order valence-corrected chi connectivity index (χ3v) is 6.32. The summed E-state index contributed by atoms with van der Waals surface area (Å²) < 4.78 is 10.5. The molecule has 3 rings (SSSR count). The number of benzene rings is 1. The van der Waals surface area contributed by atoms with Crippen molar-refractivity contribution in [1.29, 1.82) is 0 Å². The molecule has 150 valence electrons. The van der Waals surface area contributed by atoms with Gasteiger partial charge in [-0.15, -0.1) is 11.3 Å². The molecule has 0 bridgehead atoms. The Balaban J connectivity index is 1.90. The molecule has 1 heterocycles. The lowest BCUT2D eigenvalue weighted by Gasteiger charge is -2.21. The SMILES string of the molecule is CCC[C@@H]1CCc2c(sc(NC(=O)c3cc(OC)cc(OC)c3)c2C(N)=O)C1. The second kappa shape index (κ2) is 8.65. The fourth-order valence-corrected chi connectivity index (χ4v) is 5.13. The number of hydrogen-bond acceptors (Lipinski definition) is 5. The predicted molar refractivity (Wildman–Crippen MR) is 111 cm³/mol. The van der Waals surface area contributed by atoms with Crippen molar-refractivity contribution in [1.82, 2.24) is 0 Å². The molecule has 28 heavy (non-hydrogen) atoms. The summed E-state index contributed by atoms with van der Waals surface area (Å²) in [5, 5.41) is 3.41. The molecule has 6 nitrogen and oxygen atoms in total. The van der Waals surface area contributed by atoms with Crippen molar-refractivity contribution in [3.8, 4) is 11.5 Å². The minimum atomic E-state index is -0.495. The quantitative estimate of drug-likeness (QED) is 0.732. The monoisotopic (exact) mass is 402 g/mol. The van der Waals surface area contributed by atoms with Gasteiger partial charge >= 0.3 is 0 Å². The summed E-state index contributed by atoms with van der Waals surface area (Å²) in [5.41, 5.74) is 7.51. The Morgan fingerprint density at radius 1 is 1.21 bits per heavy atom. The Bertz CT molecular complexity index is 869. The Morgan fingerprint density at radius 2 is 1.89 bits per heavy atom. The van der Waals surface area contributed by atoms with Crippen LogP contribution in [0.2, 0.25) is 0 Å². The molecule has 1 aliphatic carbocycles. The van der Waals surface area contributed by atoms with E-state index in [1.807, 2.05) is 0 Å². The maximum absolute atomic E-state index is 12.8. The molecule has 1 aromatic heterocycles. The van der Waals surface area contributed by atoms with E-state index in [2.05, 4.69) is 12.2 Å². The maximum atomic E-state index is 12.8. The van der Waals surface area contributed by atoms with Gasteiger partial charge in [-0.3, -0.25) is 9.59 Å². The lowest BCUT2D eigenvalue weighted by atomic mass is 9.84. The van der Waals surface area contributed by atoms with Gasteiger partial charge in [0.2, 0.25) is 0 Å². The number of primary amides is 1. The first-order valence-electron chi connectivity index (χ1n) is 9.45. The predicted octanol–water partition coefficient (Wildman–Crippen LogP) is 4.02. The van der Waals surface area contributed by atoms with Crippen LogP contribution in [-0.4, -0.2) is 26.0 Å². The van der Waals surface area contributed by atoms with Crippen LogP contribution in [0.1, 0.15) is 57.3 Å². The van der Waals surface area contributed by atoms with E-state index in [1.165, 1.54) is 32.0 Å². The number of nitrogens with two attached hydrogens (primary N) is 1. The van der Waals surface area contributed by atoms with Crippen LogP contribution in [0.25, 0.3) is 0 Å². The highest BCUT2D eigenvalue weighted by Gasteiger charge is 2.28. The van der Waals surface area contributed by atoms with Crippen LogP contribution in [0.4, 0.5) is 5.00 Å². The number of rotatable bonds is 7. The minimum Gasteiger partial charge on any atom is -0.497 e. The second-order valence-electron chi connectivity index (χ2n) is 7.03. The number of methoxy groups -OCH3 is 2. The van der Waals surface area contributed by atoms with Crippen LogP contribution in [0.3, 0.4) is 0 Å². The minimum absolute atomic E-state index is 0.330. The molecule has 2 amide bonds. The van der Waals surface area contributed by atoms with Gasteiger partial charge in [0.05, 0.1) is 19.8 Å². The zero-order valence-corrected chi connectivity index (χ0v) is 17.3. The molecule has 0 radical (unpaired) electrons. The van der Waals surface area contributed by atoms with Crippen molar-refractivity contribution in [3.05, 3.63) is 39.8 Å². The molecule has 0 fully saturated rings. The zero-order valence-electron chi connectivity index (χ0n) is 16.5. The highest BCUT2D eigenvalue weighted by molar-refractivity contribution is 7.17. The number of fused-ring (bicyclic) bond motifs is 1. The number of nitrogens with one attached hydrogen (secondary N) is 1. The van der Waals surface area contributed by atoms with E-state index in [-0.39, 0.29) is 5.91 Å². The fourth-order valence-electron chi connectivity index (χ4n) is 3.77. The summed E-state index contributed by atoms with van der Waals surface area (Å²) in [6.07, 6.45) is 5.15. The van der Waals surface area contributed by atoms with Gasteiger partial charge in [0.25, 0.3) is 11.8 Å². The molecular formula is C21H26N2O4S. The second-order valence-corrected chi connectivity index (χ2v) is 8.13. The van der Waals surface area contributed by atoms with Gasteiger partial charge in [-0.1, -0.05) is 19.8 Å². The number of ether oxygens (including phenoxy) is 2. The van der Waals surface area contributed by atoms with Crippen molar-refractivity contribution in [2.24, 2.45) is 11.7 Å². The maximum Gasteiger partial charge on any atom is 0.256 e. The van der Waals surface area contributed by atoms with Crippen LogP contribution < -0.4 is 20.5 Å². The molecule has 3 N–H and O–H groups in total. The number of anilines is 1. The molecule has 7 heteroatoms. The van der Waals surface area contributed by atoms with Crippen LogP contribution in [0, 0.1) is 5.92 Å². The summed E-state index contributed by atoms with van der Waals surface area (Å²) in [5.74, 6) is 0.844. The molecular weight excluding hydrogens is 376 g/mol. The number of carbonyl (C=O) groups is 2. The van der Waals surface area contributed by atoms with E-state index in [1.54, 1.807) is 18.2 Å². The van der Waals surface area contributed by atoms with Gasteiger partial charge in [0.15, 0.2) is 0 Å². The molecule has 0 unspecified atom stereocenters. The lowest BCUT2D eigenvalue weighted by Crippen LogP contribution is -2.20. The van der Waals surface area contributed by atoms with Crippen molar-refractivity contribution in [3.63, 3.8) is 0 Å². The van der Waals surface area contributed by atoms with Crippen LogP contribution >= 0.6 is 11.3 Å². The summed E-state index contributed by atoms with van der Waals surface area (Å²) >= 11 is 1.47. The number of amides is 2. The first-order valence-corrected chi connectivity index (χ1v) is 10.3. The van der Waals surface area contributed by atoms with Gasteiger partial charge in [-0.2, -0.15) is 0 Å². The number of thiophene rings is 1. The van der Waals surface area contributed by atoms with Crippen molar-refractivity contribution in [2.75, 3.05) is 19.5 Å². The smallest absolute Gasteiger partial charge is 0.256 e. The van der Waals surface area contributed by atoms with Gasteiger partial charge in [-0.05, 0) is 42.9 Å². The Hall–Kier alpha value is -2.54. The average Bonchev–Trinajstić information content (AvgIpc) is 3.04. The molecule has 2 aromatic rings. The van der Waals surface area contributed by atoms with Crippen molar-refractivity contribution in [2.45, 2.75) is 39.0 Å². The van der Waals surface area contributed by atoms with Crippen LogP contribution in [0.15, 0.2) is 18.2 Å². The van der Waals surface area contributed by atoms with Gasteiger partial charge < -0.3 is 20.5 Å². The van der Waals surface area contributed by atoms with E-state index in [9.17, 15) is 9.59 Å². The molecule has 0 aliphatic heterocycles. The topological polar surface area (TPSA) is 90.7 Å². The van der Waals surface area contributed by atoms with Gasteiger partial charge in [-0.25, -0.2) is 0 Å². The van der Waals surface area contributed by atoms with E-state index < -0.39 is 5.91 Å². The lowest BCUT2D eigenvalue weighted by molar-refractivity contribution is 0.1000. The number of hydrogen-bond donors (Lipinski definition) is 2. The Labute approximate surface area is 169 Å². The average molecular weight is 403 g/mol. The largest absolute Gasteiger partial charge is 0.497 e. The Kier molecular flexibility index (Phi) is 6.24. The molecule has 1 aromatic carbocycles. The van der Waals surface area contributed by atoms with Crippen LogP contribution in [-0.2, 0) is 12.8 Å². The molecule has 0 spiro atoms. The molecule has 1 atom stereocenters.